The monoisotopic (exact) mass is 355 g/mol. The van der Waals surface area contributed by atoms with E-state index in [1.807, 2.05) is 48.5 Å². The number of anilines is 2. The van der Waals surface area contributed by atoms with Crippen molar-refractivity contribution < 1.29 is 4.79 Å². The maximum atomic E-state index is 12.4. The normalized spacial score (nSPS) is 10.5. The number of nitrogens with one attached hydrogen (secondary N) is 2. The van der Waals surface area contributed by atoms with Crippen molar-refractivity contribution in [2.45, 2.75) is 6.54 Å². The summed E-state index contributed by atoms with van der Waals surface area (Å²) in [6.07, 6.45) is 6.77. The fraction of sp³-hybridized carbons (Fsp3) is 0.0476. The molecule has 6 nitrogen and oxygen atoms in total. The molecule has 0 aliphatic rings. The third-order valence-electron chi connectivity index (χ3n) is 4.11. The van der Waals surface area contributed by atoms with Gasteiger partial charge in [0.15, 0.2) is 0 Å². The molecule has 4 aromatic rings. The molecule has 1 amide bonds. The summed E-state index contributed by atoms with van der Waals surface area (Å²) < 4.78 is 0. The summed E-state index contributed by atoms with van der Waals surface area (Å²) in [5, 5.41) is 7.24. The molecule has 0 bridgehead atoms. The largest absolute Gasteiger partial charge is 0.354 e. The molecule has 3 aromatic heterocycles. The number of hydrogen-bond donors (Lipinski definition) is 2. The lowest BCUT2D eigenvalue weighted by Crippen LogP contribution is -2.23. The summed E-state index contributed by atoms with van der Waals surface area (Å²) in [6, 6.07) is 17.1. The quantitative estimate of drug-likeness (QED) is 0.571. The minimum atomic E-state index is -0.230. The van der Waals surface area contributed by atoms with Crippen LogP contribution in [0.15, 0.2) is 79.4 Å². The van der Waals surface area contributed by atoms with Gasteiger partial charge >= 0.3 is 0 Å². The number of pyridine rings is 3. The highest BCUT2D eigenvalue weighted by molar-refractivity contribution is 5.95. The fourth-order valence-electron chi connectivity index (χ4n) is 2.77. The minimum absolute atomic E-state index is 0.230. The molecule has 0 atom stereocenters. The predicted molar refractivity (Wildman–Crippen MR) is 105 cm³/mol. The summed E-state index contributed by atoms with van der Waals surface area (Å²) in [5.74, 6) is -0.230. The summed E-state index contributed by atoms with van der Waals surface area (Å²) in [7, 11) is 0. The molecule has 0 aliphatic heterocycles. The Bertz CT molecular complexity index is 1080. The first-order chi connectivity index (χ1) is 13.3. The van der Waals surface area contributed by atoms with Crippen molar-refractivity contribution >= 4 is 28.2 Å². The van der Waals surface area contributed by atoms with E-state index in [1.54, 1.807) is 30.9 Å². The number of rotatable bonds is 5. The van der Waals surface area contributed by atoms with Gasteiger partial charge in [-0.05, 0) is 42.0 Å². The van der Waals surface area contributed by atoms with E-state index in [1.165, 1.54) is 0 Å². The second kappa shape index (κ2) is 7.61. The number of carbonyl (C=O) groups excluding carboxylic acids is 1. The number of amides is 1. The number of hydrogen-bond acceptors (Lipinski definition) is 5. The van der Waals surface area contributed by atoms with E-state index >= 15 is 0 Å². The molecule has 3 heterocycles. The second-order valence-electron chi connectivity index (χ2n) is 5.97. The molecule has 0 radical (unpaired) electrons. The van der Waals surface area contributed by atoms with Crippen molar-refractivity contribution in [3.8, 4) is 0 Å². The van der Waals surface area contributed by atoms with Crippen molar-refractivity contribution in [1.82, 2.24) is 20.3 Å². The number of aromatic nitrogens is 3. The molecular weight excluding hydrogens is 338 g/mol. The minimum Gasteiger partial charge on any atom is -0.354 e. The molecule has 132 valence electrons. The molecule has 6 heteroatoms. The van der Waals surface area contributed by atoms with Crippen LogP contribution in [0.5, 0.6) is 0 Å². The van der Waals surface area contributed by atoms with Gasteiger partial charge in [-0.15, -0.1) is 0 Å². The maximum Gasteiger partial charge on any atom is 0.270 e. The van der Waals surface area contributed by atoms with Gasteiger partial charge in [0.2, 0.25) is 0 Å². The standard InChI is InChI=1S/C21H17N5O/c27-21(25-14-15-6-10-22-11-7-15)19-13-17(8-12-23-19)26-18-5-1-3-16-4-2-9-24-20(16)18/h1-13H,14H2,(H,23,26)(H,25,27). The first kappa shape index (κ1) is 16.7. The van der Waals surface area contributed by atoms with Crippen molar-refractivity contribution in [2.75, 3.05) is 5.32 Å². The van der Waals surface area contributed by atoms with E-state index < -0.39 is 0 Å². The molecule has 2 N–H and O–H groups in total. The zero-order valence-corrected chi connectivity index (χ0v) is 14.5. The zero-order chi connectivity index (χ0) is 18.5. The summed E-state index contributed by atoms with van der Waals surface area (Å²) in [5.41, 5.74) is 3.86. The van der Waals surface area contributed by atoms with Crippen LogP contribution in [0.3, 0.4) is 0 Å². The Labute approximate surface area is 156 Å². The molecule has 0 spiro atoms. The molecule has 0 saturated carbocycles. The predicted octanol–water partition coefficient (Wildman–Crippen LogP) is 3.70. The lowest BCUT2D eigenvalue weighted by Gasteiger charge is -2.10. The van der Waals surface area contributed by atoms with Crippen LogP contribution in [-0.2, 0) is 6.54 Å². The van der Waals surface area contributed by atoms with E-state index in [4.69, 9.17) is 0 Å². The molecule has 0 aliphatic carbocycles. The lowest BCUT2D eigenvalue weighted by atomic mass is 10.2. The van der Waals surface area contributed by atoms with Gasteiger partial charge in [-0.25, -0.2) is 0 Å². The third kappa shape index (κ3) is 3.90. The van der Waals surface area contributed by atoms with Crippen LogP contribution in [0, 0.1) is 0 Å². The maximum absolute atomic E-state index is 12.4. The third-order valence-corrected chi connectivity index (χ3v) is 4.11. The lowest BCUT2D eigenvalue weighted by molar-refractivity contribution is 0.0946. The smallest absolute Gasteiger partial charge is 0.270 e. The second-order valence-corrected chi connectivity index (χ2v) is 5.97. The van der Waals surface area contributed by atoms with E-state index in [0.717, 1.165) is 27.8 Å². The zero-order valence-electron chi connectivity index (χ0n) is 14.5. The summed E-state index contributed by atoms with van der Waals surface area (Å²) >= 11 is 0. The van der Waals surface area contributed by atoms with Gasteiger partial charge in [-0.1, -0.05) is 18.2 Å². The highest BCUT2D eigenvalue weighted by atomic mass is 16.1. The van der Waals surface area contributed by atoms with Gasteiger partial charge in [0.25, 0.3) is 5.91 Å². The van der Waals surface area contributed by atoms with Gasteiger partial charge in [-0.2, -0.15) is 0 Å². The van der Waals surface area contributed by atoms with Gasteiger partial charge in [0.05, 0.1) is 11.2 Å². The Morgan fingerprint density at radius 1 is 0.889 bits per heavy atom. The van der Waals surface area contributed by atoms with E-state index in [0.29, 0.717) is 12.2 Å². The first-order valence-electron chi connectivity index (χ1n) is 8.53. The van der Waals surface area contributed by atoms with Crippen molar-refractivity contribution in [2.24, 2.45) is 0 Å². The van der Waals surface area contributed by atoms with E-state index in [9.17, 15) is 4.79 Å². The Morgan fingerprint density at radius 3 is 2.63 bits per heavy atom. The molecule has 0 fully saturated rings. The van der Waals surface area contributed by atoms with Crippen LogP contribution in [0.1, 0.15) is 16.1 Å². The highest BCUT2D eigenvalue weighted by Crippen LogP contribution is 2.24. The number of para-hydroxylation sites is 1. The van der Waals surface area contributed by atoms with Gasteiger partial charge in [0.1, 0.15) is 5.69 Å². The van der Waals surface area contributed by atoms with Crippen LogP contribution < -0.4 is 10.6 Å². The molecule has 0 unspecified atom stereocenters. The topological polar surface area (TPSA) is 79.8 Å². The average molecular weight is 355 g/mol. The Hall–Kier alpha value is -3.80. The highest BCUT2D eigenvalue weighted by Gasteiger charge is 2.09. The number of nitrogens with zero attached hydrogens (tertiary/aromatic N) is 3. The van der Waals surface area contributed by atoms with Gasteiger partial charge in [-0.3, -0.25) is 19.7 Å². The van der Waals surface area contributed by atoms with Crippen molar-refractivity contribution in [1.29, 1.82) is 0 Å². The molecule has 1 aromatic carbocycles. The molecule has 4 rings (SSSR count). The number of fused-ring (bicyclic) bond motifs is 1. The van der Waals surface area contributed by atoms with Crippen LogP contribution in [0.25, 0.3) is 10.9 Å². The van der Waals surface area contributed by atoms with Crippen LogP contribution >= 0.6 is 0 Å². The number of carbonyl (C=O) groups is 1. The van der Waals surface area contributed by atoms with Crippen LogP contribution in [0.2, 0.25) is 0 Å². The van der Waals surface area contributed by atoms with Crippen molar-refractivity contribution in [3.63, 3.8) is 0 Å². The van der Waals surface area contributed by atoms with E-state index in [2.05, 4.69) is 25.6 Å². The Morgan fingerprint density at radius 2 is 1.74 bits per heavy atom. The van der Waals surface area contributed by atoms with Gasteiger partial charge < -0.3 is 10.6 Å². The van der Waals surface area contributed by atoms with Crippen molar-refractivity contribution in [3.05, 3.63) is 90.6 Å². The van der Waals surface area contributed by atoms with E-state index in [-0.39, 0.29) is 5.91 Å². The summed E-state index contributed by atoms with van der Waals surface area (Å²) in [4.78, 5) is 25.0. The first-order valence-corrected chi connectivity index (χ1v) is 8.53. The van der Waals surface area contributed by atoms with Crippen LogP contribution in [-0.4, -0.2) is 20.9 Å². The fourth-order valence-corrected chi connectivity index (χ4v) is 2.77. The molecule has 27 heavy (non-hydrogen) atoms. The summed E-state index contributed by atoms with van der Waals surface area (Å²) in [6.45, 7) is 0.425. The Kier molecular flexibility index (Phi) is 4.70. The SMILES string of the molecule is O=C(NCc1ccncc1)c1cc(Nc2cccc3cccnc23)ccn1. The molecule has 0 saturated heterocycles. The van der Waals surface area contributed by atoms with Crippen LogP contribution in [0.4, 0.5) is 11.4 Å². The number of benzene rings is 1. The molecular formula is C21H17N5O. The van der Waals surface area contributed by atoms with Gasteiger partial charge in [0, 0.05) is 42.4 Å². The average Bonchev–Trinajstić information content (AvgIpc) is 2.73. The Balaban J connectivity index is 1.51.